The van der Waals surface area contributed by atoms with Gasteiger partial charge < -0.3 is 5.32 Å². The summed E-state index contributed by atoms with van der Waals surface area (Å²) in [4.78, 5) is 6.18. The second-order valence-corrected chi connectivity index (χ2v) is 9.17. The fourth-order valence-electron chi connectivity index (χ4n) is 1.73. The van der Waals surface area contributed by atoms with Crippen LogP contribution in [0.1, 0.15) is 41.6 Å². The second kappa shape index (κ2) is 6.16. The molecule has 0 aliphatic carbocycles. The molecule has 0 saturated carbocycles. The number of thiazole rings is 1. The molecule has 2 heterocycles. The Hall–Kier alpha value is 0.290. The Balaban J connectivity index is 2.02. The highest BCUT2D eigenvalue weighted by Crippen LogP contribution is 2.39. The lowest BCUT2D eigenvalue weighted by Crippen LogP contribution is -2.34. The van der Waals surface area contributed by atoms with Gasteiger partial charge >= 0.3 is 0 Å². The third-order valence-corrected chi connectivity index (χ3v) is 6.96. The van der Waals surface area contributed by atoms with Crippen molar-refractivity contribution in [1.29, 1.82) is 0 Å². The van der Waals surface area contributed by atoms with Crippen molar-refractivity contribution in [2.24, 2.45) is 0 Å². The summed E-state index contributed by atoms with van der Waals surface area (Å²) in [6.07, 6.45) is 0. The molecule has 1 atom stereocenters. The molecule has 0 aromatic carbocycles. The van der Waals surface area contributed by atoms with Crippen molar-refractivity contribution in [3.63, 3.8) is 0 Å². The lowest BCUT2D eigenvalue weighted by molar-refractivity contribution is 0.425. The van der Waals surface area contributed by atoms with Crippen molar-refractivity contribution in [3.8, 4) is 0 Å². The van der Waals surface area contributed by atoms with Crippen molar-refractivity contribution >= 4 is 34.9 Å². The monoisotopic (exact) mass is 302 g/mol. The molecule has 0 bridgehead atoms. The summed E-state index contributed by atoms with van der Waals surface area (Å²) in [5, 5.41) is 5.50. The van der Waals surface area contributed by atoms with E-state index in [2.05, 4.69) is 56.5 Å². The van der Waals surface area contributed by atoms with E-state index >= 15 is 0 Å². The van der Waals surface area contributed by atoms with Crippen molar-refractivity contribution < 1.29 is 0 Å². The van der Waals surface area contributed by atoms with Crippen LogP contribution in [-0.2, 0) is 6.54 Å². The Labute approximate surface area is 123 Å². The molecule has 5 heteroatoms. The van der Waals surface area contributed by atoms with E-state index in [-0.39, 0.29) is 5.54 Å². The van der Waals surface area contributed by atoms with Gasteiger partial charge in [0.05, 0.1) is 10.9 Å². The number of nitrogens with one attached hydrogen (secondary N) is 1. The SMILES string of the molecule is Cc1nc(C2CSCCS2)sc1CNC(C)(C)C. The average Bonchev–Trinajstić information content (AvgIpc) is 2.68. The van der Waals surface area contributed by atoms with Gasteiger partial charge in [-0.25, -0.2) is 4.98 Å². The van der Waals surface area contributed by atoms with E-state index in [0.717, 1.165) is 6.54 Å². The van der Waals surface area contributed by atoms with Gasteiger partial charge in [0.25, 0.3) is 0 Å². The molecule has 18 heavy (non-hydrogen) atoms. The fourth-order valence-corrected chi connectivity index (χ4v) is 5.72. The topological polar surface area (TPSA) is 24.9 Å². The summed E-state index contributed by atoms with van der Waals surface area (Å²) >= 11 is 6.03. The van der Waals surface area contributed by atoms with Crippen LogP contribution in [0.25, 0.3) is 0 Å². The van der Waals surface area contributed by atoms with Gasteiger partial charge in [-0.15, -0.1) is 23.1 Å². The zero-order chi connectivity index (χ0) is 13.2. The standard InChI is InChI=1S/C13H22N2S3/c1-9-10(7-14-13(2,3)4)18-12(15-9)11-8-16-5-6-17-11/h11,14H,5-8H2,1-4H3. The van der Waals surface area contributed by atoms with Gasteiger partial charge in [0.2, 0.25) is 0 Å². The molecule has 0 radical (unpaired) electrons. The molecular formula is C13H22N2S3. The lowest BCUT2D eigenvalue weighted by atomic mass is 10.1. The van der Waals surface area contributed by atoms with Crippen LogP contribution in [0.4, 0.5) is 0 Å². The molecule has 102 valence electrons. The highest BCUT2D eigenvalue weighted by atomic mass is 32.2. The van der Waals surface area contributed by atoms with E-state index in [9.17, 15) is 0 Å². The maximum Gasteiger partial charge on any atom is 0.107 e. The van der Waals surface area contributed by atoms with Crippen LogP contribution >= 0.6 is 34.9 Å². The number of thioether (sulfide) groups is 2. The highest BCUT2D eigenvalue weighted by Gasteiger charge is 2.21. The summed E-state index contributed by atoms with van der Waals surface area (Å²) < 4.78 is 0. The first-order valence-electron chi connectivity index (χ1n) is 6.36. The number of nitrogens with zero attached hydrogens (tertiary/aromatic N) is 1. The summed E-state index contributed by atoms with van der Waals surface area (Å²) in [6.45, 7) is 9.70. The average molecular weight is 303 g/mol. The van der Waals surface area contributed by atoms with Crippen LogP contribution in [0.5, 0.6) is 0 Å². The predicted octanol–water partition coefficient (Wildman–Crippen LogP) is 3.86. The van der Waals surface area contributed by atoms with E-state index in [1.54, 1.807) is 0 Å². The van der Waals surface area contributed by atoms with Gasteiger partial charge in [0.15, 0.2) is 0 Å². The molecule has 1 N–H and O–H groups in total. The van der Waals surface area contributed by atoms with Gasteiger partial charge in [-0.05, 0) is 27.7 Å². The van der Waals surface area contributed by atoms with Crippen molar-refractivity contribution in [2.75, 3.05) is 17.3 Å². The number of aromatic nitrogens is 1. The minimum absolute atomic E-state index is 0.173. The molecule has 1 saturated heterocycles. The zero-order valence-electron chi connectivity index (χ0n) is 11.6. The molecule has 2 nitrogen and oxygen atoms in total. The molecule has 1 aromatic rings. The zero-order valence-corrected chi connectivity index (χ0v) is 14.0. The van der Waals surface area contributed by atoms with Gasteiger partial charge in [-0.2, -0.15) is 11.8 Å². The molecule has 1 unspecified atom stereocenters. The van der Waals surface area contributed by atoms with Crippen LogP contribution in [0.15, 0.2) is 0 Å². The Morgan fingerprint density at radius 2 is 2.11 bits per heavy atom. The fraction of sp³-hybridized carbons (Fsp3) is 0.769. The highest BCUT2D eigenvalue weighted by molar-refractivity contribution is 8.06. The minimum Gasteiger partial charge on any atom is -0.307 e. The van der Waals surface area contributed by atoms with Crippen LogP contribution in [0.2, 0.25) is 0 Å². The molecule has 1 aromatic heterocycles. The van der Waals surface area contributed by atoms with Gasteiger partial charge in [0, 0.05) is 34.2 Å². The molecular weight excluding hydrogens is 280 g/mol. The van der Waals surface area contributed by atoms with Gasteiger partial charge in [-0.1, -0.05) is 0 Å². The molecule has 0 spiro atoms. The molecule has 0 amide bonds. The Morgan fingerprint density at radius 1 is 1.33 bits per heavy atom. The van der Waals surface area contributed by atoms with Crippen molar-refractivity contribution in [1.82, 2.24) is 10.3 Å². The number of rotatable bonds is 3. The predicted molar refractivity (Wildman–Crippen MR) is 86.0 cm³/mol. The van der Waals surface area contributed by atoms with Gasteiger partial charge in [0.1, 0.15) is 5.01 Å². The van der Waals surface area contributed by atoms with Crippen molar-refractivity contribution in [3.05, 3.63) is 15.6 Å². The molecule has 2 rings (SSSR count). The van der Waals surface area contributed by atoms with Gasteiger partial charge in [-0.3, -0.25) is 0 Å². The molecule has 1 aliphatic rings. The van der Waals surface area contributed by atoms with E-state index in [1.165, 1.54) is 32.8 Å². The number of hydrogen-bond acceptors (Lipinski definition) is 5. The van der Waals surface area contributed by atoms with E-state index in [0.29, 0.717) is 5.25 Å². The third-order valence-electron chi connectivity index (χ3n) is 2.78. The Bertz CT molecular complexity index is 389. The first kappa shape index (κ1) is 14.7. The lowest BCUT2D eigenvalue weighted by Gasteiger charge is -2.20. The molecule has 1 fully saturated rings. The van der Waals surface area contributed by atoms with E-state index in [1.807, 2.05) is 11.3 Å². The van der Waals surface area contributed by atoms with Crippen LogP contribution in [0, 0.1) is 6.92 Å². The summed E-state index contributed by atoms with van der Waals surface area (Å²) in [6, 6.07) is 0. The number of aryl methyl sites for hydroxylation is 1. The summed E-state index contributed by atoms with van der Waals surface area (Å²) in [7, 11) is 0. The first-order valence-corrected chi connectivity index (χ1v) is 9.38. The van der Waals surface area contributed by atoms with E-state index in [4.69, 9.17) is 4.98 Å². The maximum atomic E-state index is 4.78. The summed E-state index contributed by atoms with van der Waals surface area (Å²) in [5.74, 6) is 3.79. The quantitative estimate of drug-likeness (QED) is 0.916. The summed E-state index contributed by atoms with van der Waals surface area (Å²) in [5.41, 5.74) is 1.38. The number of hydrogen-bond donors (Lipinski definition) is 1. The second-order valence-electron chi connectivity index (χ2n) is 5.60. The third kappa shape index (κ3) is 4.15. The normalized spacial score (nSPS) is 21.2. The first-order chi connectivity index (χ1) is 8.46. The van der Waals surface area contributed by atoms with Crippen LogP contribution in [0.3, 0.4) is 0 Å². The van der Waals surface area contributed by atoms with Crippen molar-refractivity contribution in [2.45, 2.75) is 45.0 Å². The van der Waals surface area contributed by atoms with Crippen LogP contribution < -0.4 is 5.32 Å². The smallest absolute Gasteiger partial charge is 0.107 e. The minimum atomic E-state index is 0.173. The molecule has 1 aliphatic heterocycles. The van der Waals surface area contributed by atoms with Crippen LogP contribution in [-0.4, -0.2) is 27.8 Å². The van der Waals surface area contributed by atoms with E-state index < -0.39 is 0 Å². The largest absolute Gasteiger partial charge is 0.307 e. The Kier molecular flexibility index (Phi) is 5.03. The maximum absolute atomic E-state index is 4.78. The Morgan fingerprint density at radius 3 is 2.72 bits per heavy atom.